The van der Waals surface area contributed by atoms with Crippen molar-refractivity contribution < 1.29 is 0 Å². The van der Waals surface area contributed by atoms with Crippen LogP contribution in [0.2, 0.25) is 0 Å². The lowest BCUT2D eigenvalue weighted by Gasteiger charge is -2.27. The molecule has 3 nitrogen and oxygen atoms in total. The van der Waals surface area contributed by atoms with E-state index in [4.69, 9.17) is 0 Å². The van der Waals surface area contributed by atoms with Crippen LogP contribution < -0.4 is 4.90 Å². The standard InChI is InChI=1S/C52H35N3/c1-2-15-42(16-3-1)53-32-31-41-34-52-48(35-51(41)53)47-18-8-9-19-50(47)55(52)44-28-23-38(24-29-44)37-21-26-43(27-22-37)54(45-30-25-36-11-4-5-13-40(36)33-45)49-20-10-14-39-12-6-7-17-46(39)49/h1-35H. The van der Waals surface area contributed by atoms with Crippen molar-refractivity contribution in [3.63, 3.8) is 0 Å². The summed E-state index contributed by atoms with van der Waals surface area (Å²) in [5.41, 5.74) is 11.7. The van der Waals surface area contributed by atoms with Crippen LogP contribution in [-0.2, 0) is 0 Å². The third-order valence-corrected chi connectivity index (χ3v) is 11.1. The van der Waals surface area contributed by atoms with Crippen molar-refractivity contribution in [2.24, 2.45) is 0 Å². The van der Waals surface area contributed by atoms with Gasteiger partial charge in [-0.3, -0.25) is 0 Å². The minimum atomic E-state index is 1.12. The highest BCUT2D eigenvalue weighted by molar-refractivity contribution is 6.13. The van der Waals surface area contributed by atoms with Crippen molar-refractivity contribution in [3.8, 4) is 22.5 Å². The maximum Gasteiger partial charge on any atom is 0.0548 e. The molecule has 11 aromatic rings. The highest BCUT2D eigenvalue weighted by Gasteiger charge is 2.18. The first-order valence-electron chi connectivity index (χ1n) is 18.8. The number of rotatable bonds is 6. The third kappa shape index (κ3) is 5.20. The number of hydrogen-bond donors (Lipinski definition) is 0. The highest BCUT2D eigenvalue weighted by Crippen LogP contribution is 2.41. The van der Waals surface area contributed by atoms with Crippen LogP contribution in [0, 0.1) is 0 Å². The van der Waals surface area contributed by atoms with Gasteiger partial charge in [0.2, 0.25) is 0 Å². The number of aromatic nitrogens is 2. The lowest BCUT2D eigenvalue weighted by molar-refractivity contribution is 1.13. The molecular weight excluding hydrogens is 667 g/mol. The highest BCUT2D eigenvalue weighted by atomic mass is 15.1. The second-order valence-electron chi connectivity index (χ2n) is 14.3. The molecule has 0 unspecified atom stereocenters. The molecule has 55 heavy (non-hydrogen) atoms. The normalized spacial score (nSPS) is 11.6. The van der Waals surface area contributed by atoms with Gasteiger partial charge in [-0.05, 0) is 106 Å². The van der Waals surface area contributed by atoms with E-state index in [0.29, 0.717) is 0 Å². The molecule has 0 aliphatic carbocycles. The maximum atomic E-state index is 2.41. The molecule has 0 aliphatic rings. The van der Waals surface area contributed by atoms with Gasteiger partial charge in [0.15, 0.2) is 0 Å². The first kappa shape index (κ1) is 31.2. The van der Waals surface area contributed by atoms with E-state index in [1.54, 1.807) is 0 Å². The zero-order valence-electron chi connectivity index (χ0n) is 30.0. The average Bonchev–Trinajstić information content (AvgIpc) is 3.82. The molecular formula is C52H35N3. The third-order valence-electron chi connectivity index (χ3n) is 11.1. The Morgan fingerprint density at radius 1 is 0.327 bits per heavy atom. The minimum absolute atomic E-state index is 1.12. The van der Waals surface area contributed by atoms with Gasteiger partial charge >= 0.3 is 0 Å². The Morgan fingerprint density at radius 2 is 0.982 bits per heavy atom. The zero-order valence-corrected chi connectivity index (χ0v) is 30.0. The molecule has 0 spiro atoms. The topological polar surface area (TPSA) is 13.1 Å². The molecule has 9 aromatic carbocycles. The van der Waals surface area contributed by atoms with Crippen molar-refractivity contribution >= 4 is 71.3 Å². The second kappa shape index (κ2) is 12.6. The van der Waals surface area contributed by atoms with Crippen molar-refractivity contribution in [1.29, 1.82) is 0 Å². The van der Waals surface area contributed by atoms with Crippen LogP contribution in [0.4, 0.5) is 17.1 Å². The summed E-state index contributed by atoms with van der Waals surface area (Å²) in [5, 5.41) is 8.62. The monoisotopic (exact) mass is 701 g/mol. The Hall–Kier alpha value is -7.36. The largest absolute Gasteiger partial charge is 0.317 e. The number of para-hydroxylation sites is 2. The molecule has 3 heteroatoms. The fourth-order valence-corrected chi connectivity index (χ4v) is 8.44. The fraction of sp³-hybridized carbons (Fsp3) is 0. The van der Waals surface area contributed by atoms with E-state index in [0.717, 1.165) is 22.7 Å². The summed E-state index contributed by atoms with van der Waals surface area (Å²) in [5.74, 6) is 0. The lowest BCUT2D eigenvalue weighted by Crippen LogP contribution is -2.10. The summed E-state index contributed by atoms with van der Waals surface area (Å²) in [4.78, 5) is 2.38. The van der Waals surface area contributed by atoms with Crippen LogP contribution in [0.25, 0.3) is 76.8 Å². The Balaban J connectivity index is 0.979. The zero-order chi connectivity index (χ0) is 36.3. The molecule has 0 amide bonds. The molecule has 0 atom stereocenters. The van der Waals surface area contributed by atoms with Gasteiger partial charge in [0.05, 0.1) is 22.2 Å². The molecule has 0 bridgehead atoms. The summed E-state index contributed by atoms with van der Waals surface area (Å²) >= 11 is 0. The van der Waals surface area contributed by atoms with Gasteiger partial charge < -0.3 is 14.0 Å². The van der Waals surface area contributed by atoms with Gasteiger partial charge in [-0.1, -0.05) is 127 Å². The first-order valence-corrected chi connectivity index (χ1v) is 18.8. The van der Waals surface area contributed by atoms with Crippen LogP contribution in [-0.4, -0.2) is 9.13 Å². The Morgan fingerprint density at radius 3 is 1.80 bits per heavy atom. The molecule has 2 heterocycles. The first-order chi connectivity index (χ1) is 27.3. The van der Waals surface area contributed by atoms with Crippen LogP contribution >= 0.6 is 0 Å². The molecule has 0 saturated carbocycles. The Labute approximate surface area is 319 Å². The number of anilines is 3. The van der Waals surface area contributed by atoms with E-state index in [2.05, 4.69) is 226 Å². The van der Waals surface area contributed by atoms with E-state index >= 15 is 0 Å². The number of fused-ring (bicyclic) bond motifs is 6. The molecule has 258 valence electrons. The predicted octanol–water partition coefficient (Wildman–Crippen LogP) is 14.2. The predicted molar refractivity (Wildman–Crippen MR) is 233 cm³/mol. The Bertz CT molecular complexity index is 3180. The number of nitrogens with zero attached hydrogens (tertiary/aromatic N) is 3. The van der Waals surface area contributed by atoms with E-state index in [9.17, 15) is 0 Å². The van der Waals surface area contributed by atoms with Crippen LogP contribution in [0.1, 0.15) is 0 Å². The van der Waals surface area contributed by atoms with Crippen LogP contribution in [0.15, 0.2) is 212 Å². The SMILES string of the molecule is c1ccc(-n2ccc3cc4c(cc32)c2ccccc2n4-c2ccc(-c3ccc(N(c4ccc5ccccc5c4)c4cccc5ccccc45)cc3)cc2)cc1. The number of hydrogen-bond acceptors (Lipinski definition) is 1. The average molecular weight is 702 g/mol. The quantitative estimate of drug-likeness (QED) is 0.168. The summed E-state index contributed by atoms with van der Waals surface area (Å²) in [6.07, 6.45) is 2.18. The van der Waals surface area contributed by atoms with E-state index in [1.165, 1.54) is 71.1 Å². The number of benzene rings is 9. The van der Waals surface area contributed by atoms with Gasteiger partial charge in [0.1, 0.15) is 0 Å². The molecule has 0 saturated heterocycles. The Kier molecular flexibility index (Phi) is 7.17. The summed E-state index contributed by atoms with van der Waals surface area (Å²) in [7, 11) is 0. The second-order valence-corrected chi connectivity index (χ2v) is 14.3. The molecule has 0 radical (unpaired) electrons. The van der Waals surface area contributed by atoms with Crippen LogP contribution in [0.3, 0.4) is 0 Å². The molecule has 2 aromatic heterocycles. The maximum absolute atomic E-state index is 2.41. The van der Waals surface area contributed by atoms with Gasteiger partial charge in [0.25, 0.3) is 0 Å². The van der Waals surface area contributed by atoms with Crippen molar-refractivity contribution in [2.75, 3.05) is 4.90 Å². The molecule has 0 fully saturated rings. The van der Waals surface area contributed by atoms with Gasteiger partial charge in [-0.2, -0.15) is 0 Å². The molecule has 0 aliphatic heterocycles. The van der Waals surface area contributed by atoms with Crippen LogP contribution in [0.5, 0.6) is 0 Å². The van der Waals surface area contributed by atoms with Crippen molar-refractivity contribution in [2.45, 2.75) is 0 Å². The van der Waals surface area contributed by atoms with Crippen molar-refractivity contribution in [1.82, 2.24) is 9.13 Å². The van der Waals surface area contributed by atoms with E-state index in [-0.39, 0.29) is 0 Å². The van der Waals surface area contributed by atoms with Gasteiger partial charge in [-0.25, -0.2) is 0 Å². The summed E-state index contributed by atoms with van der Waals surface area (Å²) in [6, 6.07) is 74.8. The minimum Gasteiger partial charge on any atom is -0.317 e. The summed E-state index contributed by atoms with van der Waals surface area (Å²) < 4.78 is 4.69. The van der Waals surface area contributed by atoms with E-state index in [1.807, 2.05) is 0 Å². The summed E-state index contributed by atoms with van der Waals surface area (Å²) in [6.45, 7) is 0. The van der Waals surface area contributed by atoms with Gasteiger partial charge in [-0.15, -0.1) is 0 Å². The smallest absolute Gasteiger partial charge is 0.0548 e. The van der Waals surface area contributed by atoms with Crippen molar-refractivity contribution in [3.05, 3.63) is 212 Å². The van der Waals surface area contributed by atoms with Gasteiger partial charge in [0, 0.05) is 50.5 Å². The lowest BCUT2D eigenvalue weighted by atomic mass is 10.0. The molecule has 11 rings (SSSR count). The van der Waals surface area contributed by atoms with E-state index < -0.39 is 0 Å². The fourth-order valence-electron chi connectivity index (χ4n) is 8.44. The molecule has 0 N–H and O–H groups in total.